The molecule has 10 heteroatoms. The maximum Gasteiger partial charge on any atom is 0.278 e. The molecule has 5 aromatic rings. The van der Waals surface area contributed by atoms with Gasteiger partial charge in [0.25, 0.3) is 5.56 Å². The van der Waals surface area contributed by atoms with Crippen LogP contribution in [0.3, 0.4) is 0 Å². The Balaban J connectivity index is 1.40. The first kappa shape index (κ1) is 26.5. The summed E-state index contributed by atoms with van der Waals surface area (Å²) in [6.07, 6.45) is 9.40. The van der Waals surface area contributed by atoms with E-state index in [-0.39, 0.29) is 11.5 Å². The Bertz CT molecular complexity index is 1830. The average Bonchev–Trinajstić information content (AvgIpc) is 3.48. The van der Waals surface area contributed by atoms with Gasteiger partial charge in [-0.15, -0.1) is 0 Å². The molecule has 3 aromatic heterocycles. The highest BCUT2D eigenvalue weighted by Crippen LogP contribution is 2.25. The Morgan fingerprint density at radius 2 is 1.93 bits per heavy atom. The summed E-state index contributed by atoms with van der Waals surface area (Å²) in [4.78, 5) is 39.2. The zero-order chi connectivity index (χ0) is 28.5. The van der Waals surface area contributed by atoms with Crippen LogP contribution in [0, 0.1) is 0 Å². The van der Waals surface area contributed by atoms with Crippen molar-refractivity contribution in [3.8, 4) is 5.69 Å². The van der Waals surface area contributed by atoms with Crippen molar-refractivity contribution in [1.82, 2.24) is 28.8 Å². The van der Waals surface area contributed by atoms with E-state index < -0.39 is 0 Å². The molecule has 0 saturated carbocycles. The van der Waals surface area contributed by atoms with Gasteiger partial charge in [0.1, 0.15) is 5.39 Å². The molecule has 0 spiro atoms. The summed E-state index contributed by atoms with van der Waals surface area (Å²) >= 11 is 0. The number of benzene rings is 2. The minimum absolute atomic E-state index is 0.0169. The number of fused-ring (bicyclic) bond motifs is 7. The molecule has 1 amide bonds. The second kappa shape index (κ2) is 11.1. The van der Waals surface area contributed by atoms with Crippen molar-refractivity contribution < 1.29 is 4.79 Å². The standard InChI is InChI=1S/C31H34N8O2/c1-22(40)37-14-6-4-5-7-15-38-30(41)27-21-32-31(34-29(27)39(38)26-10-8-9-25(37)20-26)33-24-11-12-28-23(19-24)13-16-36(28)18-17-35(2)3/h5,7-13,16,19-21H,4,6,14-15,17-18H2,1-3H3,(H,32,33,34)/b7-5-. The molecule has 0 radical (unpaired) electrons. The number of carbonyl (C=O) groups excluding carboxylic acids is 1. The van der Waals surface area contributed by atoms with Gasteiger partial charge >= 0.3 is 0 Å². The van der Waals surface area contributed by atoms with E-state index >= 15 is 0 Å². The Kier molecular flexibility index (Phi) is 7.15. The van der Waals surface area contributed by atoms with Crippen LogP contribution in [0.1, 0.15) is 19.8 Å². The van der Waals surface area contributed by atoms with E-state index in [0.717, 1.165) is 48.4 Å². The monoisotopic (exact) mass is 550 g/mol. The maximum absolute atomic E-state index is 13.5. The van der Waals surface area contributed by atoms with E-state index in [4.69, 9.17) is 4.98 Å². The van der Waals surface area contributed by atoms with Gasteiger partial charge in [0.2, 0.25) is 11.9 Å². The molecule has 210 valence electrons. The number of carbonyl (C=O) groups is 1. The molecule has 1 N–H and O–H groups in total. The third-order valence-electron chi connectivity index (χ3n) is 7.45. The normalized spacial score (nSPS) is 14.6. The summed E-state index contributed by atoms with van der Waals surface area (Å²) in [5.74, 6) is 0.379. The Morgan fingerprint density at radius 1 is 1.07 bits per heavy atom. The fraction of sp³-hybridized carbons (Fsp3) is 0.290. The average molecular weight is 551 g/mol. The SMILES string of the molecule is CC(=O)N1CCC/C=C\Cn2c(=O)c3cnc(Nc4ccc5c(ccn5CCN(C)C)c4)nc3n2-c2cccc1c2. The van der Waals surface area contributed by atoms with E-state index in [2.05, 4.69) is 64.3 Å². The summed E-state index contributed by atoms with van der Waals surface area (Å²) in [6, 6.07) is 16.0. The Labute approximate surface area is 238 Å². The van der Waals surface area contributed by atoms with Crippen LogP contribution in [0.2, 0.25) is 0 Å². The van der Waals surface area contributed by atoms with Gasteiger partial charge in [0.05, 0.1) is 12.2 Å². The molecule has 41 heavy (non-hydrogen) atoms. The summed E-state index contributed by atoms with van der Waals surface area (Å²) < 4.78 is 5.74. The van der Waals surface area contributed by atoms with Crippen LogP contribution in [0.15, 0.2) is 77.9 Å². The third-order valence-corrected chi connectivity index (χ3v) is 7.45. The third kappa shape index (κ3) is 5.26. The van der Waals surface area contributed by atoms with Gasteiger partial charge in [0, 0.05) is 61.2 Å². The minimum atomic E-state index is -0.164. The van der Waals surface area contributed by atoms with Gasteiger partial charge < -0.3 is 19.7 Å². The molecular formula is C31H34N8O2. The fourth-order valence-corrected chi connectivity index (χ4v) is 5.35. The van der Waals surface area contributed by atoms with Gasteiger partial charge in [-0.25, -0.2) is 14.3 Å². The minimum Gasteiger partial charge on any atom is -0.346 e. The number of hydrogen-bond donors (Lipinski definition) is 1. The Morgan fingerprint density at radius 3 is 2.76 bits per heavy atom. The van der Waals surface area contributed by atoms with Crippen molar-refractivity contribution in [3.05, 3.63) is 83.4 Å². The van der Waals surface area contributed by atoms with E-state index in [9.17, 15) is 9.59 Å². The van der Waals surface area contributed by atoms with Crippen molar-refractivity contribution in [2.45, 2.75) is 32.9 Å². The van der Waals surface area contributed by atoms with E-state index in [1.54, 1.807) is 22.7 Å². The lowest BCUT2D eigenvalue weighted by atomic mass is 10.2. The molecular weight excluding hydrogens is 516 g/mol. The Hall–Kier alpha value is -4.70. The molecule has 0 fully saturated rings. The molecule has 2 aromatic carbocycles. The molecule has 4 heterocycles. The van der Waals surface area contributed by atoms with Crippen LogP contribution in [0.25, 0.3) is 27.6 Å². The van der Waals surface area contributed by atoms with Gasteiger partial charge in [-0.3, -0.25) is 9.59 Å². The van der Waals surface area contributed by atoms with Crippen molar-refractivity contribution >= 4 is 45.2 Å². The molecule has 0 atom stereocenters. The lowest BCUT2D eigenvalue weighted by Crippen LogP contribution is -2.30. The summed E-state index contributed by atoms with van der Waals surface area (Å²) in [7, 11) is 4.15. The number of anilines is 3. The van der Waals surface area contributed by atoms with Crippen LogP contribution in [-0.4, -0.2) is 61.9 Å². The highest BCUT2D eigenvalue weighted by molar-refractivity contribution is 5.92. The maximum atomic E-state index is 13.5. The molecule has 10 nitrogen and oxygen atoms in total. The molecule has 0 aliphatic carbocycles. The van der Waals surface area contributed by atoms with Gasteiger partial charge in [-0.05, 0) is 69.4 Å². The quantitative estimate of drug-likeness (QED) is 0.323. The number of rotatable bonds is 5. The number of allylic oxidation sites excluding steroid dienone is 2. The van der Waals surface area contributed by atoms with E-state index in [1.165, 1.54) is 5.52 Å². The van der Waals surface area contributed by atoms with Crippen LogP contribution in [0.5, 0.6) is 0 Å². The smallest absolute Gasteiger partial charge is 0.278 e. The van der Waals surface area contributed by atoms with Crippen molar-refractivity contribution in [1.29, 1.82) is 0 Å². The molecule has 0 unspecified atom stereocenters. The number of amides is 1. The second-order valence-electron chi connectivity index (χ2n) is 10.6. The first-order valence-electron chi connectivity index (χ1n) is 13.9. The largest absolute Gasteiger partial charge is 0.346 e. The van der Waals surface area contributed by atoms with E-state index in [0.29, 0.717) is 30.1 Å². The first-order chi connectivity index (χ1) is 19.9. The van der Waals surface area contributed by atoms with Crippen molar-refractivity contribution in [2.24, 2.45) is 0 Å². The summed E-state index contributed by atoms with van der Waals surface area (Å²) in [5, 5.41) is 4.88. The zero-order valence-corrected chi connectivity index (χ0v) is 23.6. The predicted octanol–water partition coefficient (Wildman–Crippen LogP) is 4.55. The second-order valence-corrected chi connectivity index (χ2v) is 10.6. The van der Waals surface area contributed by atoms with Gasteiger partial charge in [-0.2, -0.15) is 4.98 Å². The number of hydrogen-bond acceptors (Lipinski definition) is 6. The highest BCUT2D eigenvalue weighted by atomic mass is 16.2. The summed E-state index contributed by atoms with van der Waals surface area (Å²) in [5.41, 5.74) is 3.90. The lowest BCUT2D eigenvalue weighted by Gasteiger charge is -2.22. The molecule has 1 aliphatic rings. The van der Waals surface area contributed by atoms with Crippen LogP contribution in [0.4, 0.5) is 17.3 Å². The fourth-order valence-electron chi connectivity index (χ4n) is 5.35. The molecule has 2 bridgehead atoms. The molecule has 0 saturated heterocycles. The first-order valence-corrected chi connectivity index (χ1v) is 13.9. The van der Waals surface area contributed by atoms with Crippen molar-refractivity contribution in [2.75, 3.05) is 37.4 Å². The van der Waals surface area contributed by atoms with Crippen LogP contribution in [-0.2, 0) is 17.9 Å². The molecule has 6 rings (SSSR count). The van der Waals surface area contributed by atoms with Gasteiger partial charge in [-0.1, -0.05) is 18.2 Å². The predicted molar refractivity (Wildman–Crippen MR) is 163 cm³/mol. The van der Waals surface area contributed by atoms with E-state index in [1.807, 2.05) is 41.1 Å². The highest BCUT2D eigenvalue weighted by Gasteiger charge is 2.19. The zero-order valence-electron chi connectivity index (χ0n) is 23.6. The van der Waals surface area contributed by atoms with Crippen molar-refractivity contribution in [3.63, 3.8) is 0 Å². The number of likely N-dealkylation sites (N-methyl/N-ethyl adjacent to an activating group) is 1. The topological polar surface area (TPSA) is 93.2 Å². The summed E-state index contributed by atoms with van der Waals surface area (Å²) in [6.45, 7) is 4.49. The number of nitrogens with zero attached hydrogens (tertiary/aromatic N) is 7. The lowest BCUT2D eigenvalue weighted by molar-refractivity contribution is -0.116. The molecule has 1 aliphatic heterocycles. The van der Waals surface area contributed by atoms with Gasteiger partial charge in [0.15, 0.2) is 5.65 Å². The van der Waals surface area contributed by atoms with Crippen LogP contribution >= 0.6 is 0 Å². The van der Waals surface area contributed by atoms with Crippen LogP contribution < -0.4 is 15.8 Å². The number of aromatic nitrogens is 5. The number of nitrogens with one attached hydrogen (secondary N) is 1.